The zero-order valence-corrected chi connectivity index (χ0v) is 14.3. The Morgan fingerprint density at radius 3 is 2.33 bits per heavy atom. The Morgan fingerprint density at radius 1 is 1.24 bits per heavy atom. The molecule has 21 heavy (non-hydrogen) atoms. The third kappa shape index (κ3) is 4.76. The van der Waals surface area contributed by atoms with Crippen LogP contribution < -0.4 is 10.6 Å². The highest BCUT2D eigenvalue weighted by molar-refractivity contribution is 5.73. The molecule has 1 rings (SSSR count). The van der Waals surface area contributed by atoms with Gasteiger partial charge in [-0.05, 0) is 25.2 Å². The first-order chi connectivity index (χ1) is 9.65. The van der Waals surface area contributed by atoms with Crippen LogP contribution in [-0.4, -0.2) is 24.3 Å². The molecule has 0 aliphatic carbocycles. The molecule has 0 aliphatic rings. The van der Waals surface area contributed by atoms with Crippen molar-refractivity contribution in [3.8, 4) is 0 Å². The molecule has 0 bridgehead atoms. The lowest BCUT2D eigenvalue weighted by atomic mass is 9.81. The molecule has 0 aliphatic heterocycles. The summed E-state index contributed by atoms with van der Waals surface area (Å²) >= 11 is 0. The maximum atomic E-state index is 11.9. The van der Waals surface area contributed by atoms with Gasteiger partial charge in [0.25, 0.3) is 0 Å². The Bertz CT molecular complexity index is 458. The summed E-state index contributed by atoms with van der Waals surface area (Å²) in [6, 6.07) is -0.123. The number of aryl methyl sites for hydroxylation is 2. The molecule has 1 atom stereocenters. The second kappa shape index (κ2) is 6.96. The van der Waals surface area contributed by atoms with Gasteiger partial charge in [0.15, 0.2) is 0 Å². The Labute approximate surface area is 127 Å². The van der Waals surface area contributed by atoms with Gasteiger partial charge in [0, 0.05) is 24.6 Å². The van der Waals surface area contributed by atoms with Crippen molar-refractivity contribution in [3.05, 3.63) is 17.0 Å². The number of hydrogen-bond acceptors (Lipinski definition) is 3. The number of nitrogens with one attached hydrogen (secondary N) is 2. The number of rotatable bonds is 6. The summed E-state index contributed by atoms with van der Waals surface area (Å²) in [4.78, 5) is 11.9. The summed E-state index contributed by atoms with van der Waals surface area (Å²) in [7, 11) is 0. The summed E-state index contributed by atoms with van der Waals surface area (Å²) in [6.45, 7) is 15.8. The molecule has 0 fully saturated rings. The lowest BCUT2D eigenvalue weighted by Crippen LogP contribution is -2.43. The number of carbonyl (C=O) groups excluding carboxylic acids is 1. The zero-order valence-electron chi connectivity index (χ0n) is 14.3. The van der Waals surface area contributed by atoms with E-state index in [4.69, 9.17) is 4.52 Å². The zero-order chi connectivity index (χ0) is 16.2. The molecule has 1 aromatic rings. The lowest BCUT2D eigenvalue weighted by Gasteiger charge is -2.29. The highest BCUT2D eigenvalue weighted by Gasteiger charge is 2.23. The summed E-state index contributed by atoms with van der Waals surface area (Å²) in [5, 5.41) is 9.81. The normalized spacial score (nSPS) is 13.3. The third-order valence-corrected chi connectivity index (χ3v) is 4.42. The fourth-order valence-electron chi connectivity index (χ4n) is 2.12. The largest absolute Gasteiger partial charge is 0.361 e. The van der Waals surface area contributed by atoms with Gasteiger partial charge in [-0.25, -0.2) is 4.79 Å². The van der Waals surface area contributed by atoms with Crippen molar-refractivity contribution < 1.29 is 9.32 Å². The summed E-state index contributed by atoms with van der Waals surface area (Å²) in [6.07, 6.45) is 0. The minimum atomic E-state index is -0.123. The van der Waals surface area contributed by atoms with Crippen LogP contribution in [0.3, 0.4) is 0 Å². The predicted molar refractivity (Wildman–Crippen MR) is 84.4 cm³/mol. The van der Waals surface area contributed by atoms with Crippen LogP contribution in [0.4, 0.5) is 4.79 Å². The van der Waals surface area contributed by atoms with Gasteiger partial charge in [-0.1, -0.05) is 39.8 Å². The van der Waals surface area contributed by atoms with Crippen molar-refractivity contribution >= 4 is 6.03 Å². The van der Waals surface area contributed by atoms with E-state index in [0.717, 1.165) is 17.0 Å². The van der Waals surface area contributed by atoms with Gasteiger partial charge in [-0.2, -0.15) is 0 Å². The quantitative estimate of drug-likeness (QED) is 0.845. The van der Waals surface area contributed by atoms with Gasteiger partial charge in [0.05, 0.1) is 5.69 Å². The highest BCUT2D eigenvalue weighted by atomic mass is 16.5. The Balaban J connectivity index is 2.44. The molecule has 1 aromatic heterocycles. The van der Waals surface area contributed by atoms with E-state index >= 15 is 0 Å². The first-order valence-electron chi connectivity index (χ1n) is 7.59. The minimum absolute atomic E-state index is 0.0879. The SMILES string of the molecule is Cc1noc(C)c1[C@H](C)CNC(=O)NCC(C)(C)C(C)C. The Kier molecular flexibility index (Phi) is 5.81. The first kappa shape index (κ1) is 17.5. The fourth-order valence-corrected chi connectivity index (χ4v) is 2.12. The minimum Gasteiger partial charge on any atom is -0.361 e. The van der Waals surface area contributed by atoms with Crippen LogP contribution >= 0.6 is 0 Å². The molecule has 2 amide bonds. The predicted octanol–water partition coefficient (Wildman–Crippen LogP) is 3.38. The summed E-state index contributed by atoms with van der Waals surface area (Å²) in [5.74, 6) is 1.52. The van der Waals surface area contributed by atoms with E-state index in [1.807, 2.05) is 13.8 Å². The fraction of sp³-hybridized carbons (Fsp3) is 0.750. The lowest BCUT2D eigenvalue weighted by molar-refractivity contribution is 0.215. The maximum Gasteiger partial charge on any atom is 0.314 e. The van der Waals surface area contributed by atoms with E-state index in [0.29, 0.717) is 19.0 Å². The van der Waals surface area contributed by atoms with Crippen LogP contribution in [0.15, 0.2) is 4.52 Å². The van der Waals surface area contributed by atoms with E-state index in [2.05, 4.69) is 50.4 Å². The van der Waals surface area contributed by atoms with Crippen LogP contribution in [0.5, 0.6) is 0 Å². The molecular weight excluding hydrogens is 266 g/mol. The van der Waals surface area contributed by atoms with Crippen molar-refractivity contribution in [2.24, 2.45) is 11.3 Å². The Hall–Kier alpha value is -1.52. The molecular formula is C16H29N3O2. The van der Waals surface area contributed by atoms with E-state index in [9.17, 15) is 4.79 Å². The van der Waals surface area contributed by atoms with Gasteiger partial charge in [0.1, 0.15) is 5.76 Å². The second-order valence-electron chi connectivity index (χ2n) is 6.85. The number of nitrogens with zero attached hydrogens (tertiary/aromatic N) is 1. The van der Waals surface area contributed by atoms with Gasteiger partial charge < -0.3 is 15.2 Å². The van der Waals surface area contributed by atoms with Crippen molar-refractivity contribution in [1.29, 1.82) is 0 Å². The average Bonchev–Trinajstić information content (AvgIpc) is 2.73. The van der Waals surface area contributed by atoms with Crippen LogP contribution in [0, 0.1) is 25.2 Å². The molecule has 0 aromatic carbocycles. The van der Waals surface area contributed by atoms with E-state index in [1.165, 1.54) is 0 Å². The summed E-state index contributed by atoms with van der Waals surface area (Å²) < 4.78 is 5.16. The molecule has 0 radical (unpaired) electrons. The van der Waals surface area contributed by atoms with E-state index in [1.54, 1.807) is 0 Å². The number of aromatic nitrogens is 1. The van der Waals surface area contributed by atoms with Gasteiger partial charge in [0.2, 0.25) is 0 Å². The molecule has 0 saturated carbocycles. The molecule has 2 N–H and O–H groups in total. The van der Waals surface area contributed by atoms with Crippen LogP contribution in [0.25, 0.3) is 0 Å². The van der Waals surface area contributed by atoms with Gasteiger partial charge in [-0.15, -0.1) is 0 Å². The standard InChI is InChI=1S/C16H29N3O2/c1-10(2)16(6,7)9-18-15(20)17-8-11(3)14-12(4)19-21-13(14)5/h10-11H,8-9H2,1-7H3,(H2,17,18,20)/t11-/m1/s1. The van der Waals surface area contributed by atoms with Gasteiger partial charge >= 0.3 is 6.03 Å². The molecule has 0 saturated heterocycles. The van der Waals surface area contributed by atoms with Crippen LogP contribution in [-0.2, 0) is 0 Å². The second-order valence-corrected chi connectivity index (χ2v) is 6.85. The highest BCUT2D eigenvalue weighted by Crippen LogP contribution is 2.24. The van der Waals surface area contributed by atoms with Crippen molar-refractivity contribution in [2.45, 2.75) is 54.4 Å². The molecule has 120 valence electrons. The molecule has 0 spiro atoms. The first-order valence-corrected chi connectivity index (χ1v) is 7.59. The number of hydrogen-bond donors (Lipinski definition) is 2. The third-order valence-electron chi connectivity index (χ3n) is 4.42. The number of urea groups is 1. The maximum absolute atomic E-state index is 11.9. The van der Waals surface area contributed by atoms with Crippen LogP contribution in [0.1, 0.15) is 57.6 Å². The Morgan fingerprint density at radius 2 is 1.86 bits per heavy atom. The van der Waals surface area contributed by atoms with E-state index < -0.39 is 0 Å². The molecule has 5 nitrogen and oxygen atoms in total. The summed E-state index contributed by atoms with van der Waals surface area (Å²) in [5.41, 5.74) is 2.06. The number of carbonyl (C=O) groups is 1. The van der Waals surface area contributed by atoms with E-state index in [-0.39, 0.29) is 17.4 Å². The average molecular weight is 295 g/mol. The van der Waals surface area contributed by atoms with Gasteiger partial charge in [-0.3, -0.25) is 0 Å². The monoisotopic (exact) mass is 295 g/mol. The topological polar surface area (TPSA) is 67.2 Å². The van der Waals surface area contributed by atoms with Crippen LogP contribution in [0.2, 0.25) is 0 Å². The van der Waals surface area contributed by atoms with Crippen molar-refractivity contribution in [3.63, 3.8) is 0 Å². The molecule has 0 unspecified atom stereocenters. The smallest absolute Gasteiger partial charge is 0.314 e. The number of amides is 2. The molecule has 5 heteroatoms. The molecule has 1 heterocycles. The van der Waals surface area contributed by atoms with Crippen molar-refractivity contribution in [1.82, 2.24) is 15.8 Å². The van der Waals surface area contributed by atoms with Crippen molar-refractivity contribution in [2.75, 3.05) is 13.1 Å².